The number of ether oxygens (including phenoxy) is 1. The van der Waals surface area contributed by atoms with Gasteiger partial charge in [0, 0.05) is 45.6 Å². The number of hydrogen-bond acceptors (Lipinski definition) is 6. The molecule has 23 heavy (non-hydrogen) atoms. The highest BCUT2D eigenvalue weighted by molar-refractivity contribution is 7.17. The molecule has 0 radical (unpaired) electrons. The van der Waals surface area contributed by atoms with Gasteiger partial charge in [-0.05, 0) is 13.8 Å². The monoisotopic (exact) mass is 340 g/mol. The molecular formula is C15H24N4O3S. The van der Waals surface area contributed by atoms with E-state index in [1.54, 1.807) is 12.0 Å². The quantitative estimate of drug-likeness (QED) is 0.741. The highest BCUT2D eigenvalue weighted by Crippen LogP contribution is 2.22. The average molecular weight is 340 g/mol. The lowest BCUT2D eigenvalue weighted by Gasteiger charge is -2.16. The first-order valence-electron chi connectivity index (χ1n) is 7.81. The van der Waals surface area contributed by atoms with Crippen LogP contribution in [0.4, 0.5) is 5.13 Å². The van der Waals surface area contributed by atoms with Crippen LogP contribution in [0.2, 0.25) is 0 Å². The van der Waals surface area contributed by atoms with Gasteiger partial charge in [0.25, 0.3) is 5.91 Å². The first-order chi connectivity index (χ1) is 11.0. The topological polar surface area (TPSA) is 83.6 Å². The van der Waals surface area contributed by atoms with Gasteiger partial charge >= 0.3 is 0 Å². The standard InChI is InChI=1S/C15H24N4O3S/c1-4-16-15-18-10(2)13(23-15)14(21)17-8-11-7-12(20)19(9-11)5-6-22-3/h11H,4-9H2,1-3H3,(H,16,18)(H,17,21)/t11-/m1/s1. The normalized spacial score (nSPS) is 17.6. The van der Waals surface area contributed by atoms with Gasteiger partial charge in [0.15, 0.2) is 5.13 Å². The zero-order valence-electron chi connectivity index (χ0n) is 13.8. The smallest absolute Gasteiger partial charge is 0.263 e. The third-order valence-electron chi connectivity index (χ3n) is 3.74. The maximum Gasteiger partial charge on any atom is 0.263 e. The number of anilines is 1. The van der Waals surface area contributed by atoms with E-state index in [9.17, 15) is 9.59 Å². The van der Waals surface area contributed by atoms with Gasteiger partial charge in [-0.2, -0.15) is 0 Å². The minimum absolute atomic E-state index is 0.119. The number of aryl methyl sites for hydroxylation is 1. The number of carbonyl (C=O) groups is 2. The summed E-state index contributed by atoms with van der Waals surface area (Å²) in [5.41, 5.74) is 0.729. The van der Waals surface area contributed by atoms with Gasteiger partial charge < -0.3 is 20.3 Å². The third kappa shape index (κ3) is 4.65. The predicted octanol–water partition coefficient (Wildman–Crippen LogP) is 1.11. The van der Waals surface area contributed by atoms with E-state index >= 15 is 0 Å². The molecule has 2 N–H and O–H groups in total. The van der Waals surface area contributed by atoms with E-state index in [1.807, 2.05) is 13.8 Å². The van der Waals surface area contributed by atoms with Crippen molar-refractivity contribution in [3.63, 3.8) is 0 Å². The maximum atomic E-state index is 12.3. The second kappa shape index (κ2) is 8.26. The molecule has 1 atom stereocenters. The van der Waals surface area contributed by atoms with Crippen LogP contribution in [-0.4, -0.2) is 61.6 Å². The molecule has 1 aliphatic rings. The van der Waals surface area contributed by atoms with Crippen molar-refractivity contribution >= 4 is 28.3 Å². The van der Waals surface area contributed by atoms with Gasteiger partial charge in [0.1, 0.15) is 4.88 Å². The summed E-state index contributed by atoms with van der Waals surface area (Å²) in [5.74, 6) is 0.168. The number of amides is 2. The average Bonchev–Trinajstić information content (AvgIpc) is 3.06. The van der Waals surface area contributed by atoms with E-state index in [-0.39, 0.29) is 17.7 Å². The summed E-state index contributed by atoms with van der Waals surface area (Å²) in [6.45, 7) is 6.92. The lowest BCUT2D eigenvalue weighted by atomic mass is 10.1. The van der Waals surface area contributed by atoms with Crippen molar-refractivity contribution < 1.29 is 14.3 Å². The molecule has 0 unspecified atom stereocenters. The highest BCUT2D eigenvalue weighted by atomic mass is 32.1. The number of thiazole rings is 1. The van der Waals surface area contributed by atoms with Crippen LogP contribution in [-0.2, 0) is 9.53 Å². The Morgan fingerprint density at radius 3 is 3.00 bits per heavy atom. The zero-order valence-corrected chi connectivity index (χ0v) is 14.7. The molecule has 0 spiro atoms. The van der Waals surface area contributed by atoms with Crippen molar-refractivity contribution in [2.75, 3.05) is 45.2 Å². The second-order valence-corrected chi connectivity index (χ2v) is 6.58. The Labute approximate surface area is 140 Å². The fourth-order valence-electron chi connectivity index (χ4n) is 2.56. The van der Waals surface area contributed by atoms with Gasteiger partial charge in [-0.3, -0.25) is 9.59 Å². The Morgan fingerprint density at radius 1 is 1.52 bits per heavy atom. The van der Waals surface area contributed by atoms with Crippen molar-refractivity contribution in [2.45, 2.75) is 20.3 Å². The summed E-state index contributed by atoms with van der Waals surface area (Å²) in [6.07, 6.45) is 0.480. The van der Waals surface area contributed by atoms with E-state index in [1.165, 1.54) is 11.3 Å². The van der Waals surface area contributed by atoms with E-state index in [0.29, 0.717) is 37.5 Å². The summed E-state index contributed by atoms with van der Waals surface area (Å²) >= 11 is 1.36. The van der Waals surface area contributed by atoms with Gasteiger partial charge in [-0.15, -0.1) is 0 Å². The molecule has 1 aromatic heterocycles. The van der Waals surface area contributed by atoms with Crippen LogP contribution in [0, 0.1) is 12.8 Å². The first kappa shape index (κ1) is 17.7. The zero-order chi connectivity index (χ0) is 16.8. The molecule has 128 valence electrons. The molecule has 8 heteroatoms. The summed E-state index contributed by atoms with van der Waals surface area (Å²) in [5, 5.41) is 6.81. The first-order valence-corrected chi connectivity index (χ1v) is 8.63. The van der Waals surface area contributed by atoms with E-state index < -0.39 is 0 Å². The Bertz CT molecular complexity index is 561. The number of rotatable bonds is 8. The van der Waals surface area contributed by atoms with Gasteiger partial charge in [0.05, 0.1) is 12.3 Å². The van der Waals surface area contributed by atoms with Crippen LogP contribution in [0.3, 0.4) is 0 Å². The number of likely N-dealkylation sites (tertiary alicyclic amines) is 1. The molecule has 0 aromatic carbocycles. The Kier molecular flexibility index (Phi) is 6.35. The third-order valence-corrected chi connectivity index (χ3v) is 4.86. The number of aromatic nitrogens is 1. The molecule has 1 aromatic rings. The Hall–Kier alpha value is -1.67. The van der Waals surface area contributed by atoms with E-state index in [4.69, 9.17) is 4.74 Å². The molecule has 1 fully saturated rings. The molecule has 2 heterocycles. The Morgan fingerprint density at radius 2 is 2.30 bits per heavy atom. The highest BCUT2D eigenvalue weighted by Gasteiger charge is 2.29. The van der Waals surface area contributed by atoms with Gasteiger partial charge in [0.2, 0.25) is 5.91 Å². The molecular weight excluding hydrogens is 316 g/mol. The summed E-state index contributed by atoms with van der Waals surface area (Å²) in [6, 6.07) is 0. The minimum atomic E-state index is -0.119. The van der Waals surface area contributed by atoms with Crippen LogP contribution in [0.1, 0.15) is 28.7 Å². The summed E-state index contributed by atoms with van der Waals surface area (Å²) < 4.78 is 5.00. The minimum Gasteiger partial charge on any atom is -0.383 e. The van der Waals surface area contributed by atoms with E-state index in [2.05, 4.69) is 15.6 Å². The van der Waals surface area contributed by atoms with Crippen LogP contribution >= 0.6 is 11.3 Å². The maximum absolute atomic E-state index is 12.3. The molecule has 1 aliphatic heterocycles. The molecule has 2 rings (SSSR count). The fourth-order valence-corrected chi connectivity index (χ4v) is 3.51. The predicted molar refractivity (Wildman–Crippen MR) is 89.9 cm³/mol. The van der Waals surface area contributed by atoms with Crippen molar-refractivity contribution in [1.29, 1.82) is 0 Å². The molecule has 0 bridgehead atoms. The summed E-state index contributed by atoms with van der Waals surface area (Å²) in [4.78, 5) is 30.9. The van der Waals surface area contributed by atoms with Crippen LogP contribution in [0.25, 0.3) is 0 Å². The van der Waals surface area contributed by atoms with Crippen LogP contribution < -0.4 is 10.6 Å². The molecule has 7 nitrogen and oxygen atoms in total. The summed E-state index contributed by atoms with van der Waals surface area (Å²) in [7, 11) is 1.62. The van der Waals surface area contributed by atoms with Crippen LogP contribution in [0.15, 0.2) is 0 Å². The van der Waals surface area contributed by atoms with Crippen molar-refractivity contribution in [1.82, 2.24) is 15.2 Å². The van der Waals surface area contributed by atoms with Crippen molar-refractivity contribution in [3.05, 3.63) is 10.6 Å². The largest absolute Gasteiger partial charge is 0.383 e. The molecule has 1 saturated heterocycles. The number of nitrogens with one attached hydrogen (secondary N) is 2. The van der Waals surface area contributed by atoms with Crippen molar-refractivity contribution in [2.24, 2.45) is 5.92 Å². The number of methoxy groups -OCH3 is 1. The van der Waals surface area contributed by atoms with E-state index in [0.717, 1.165) is 17.4 Å². The van der Waals surface area contributed by atoms with Crippen molar-refractivity contribution in [3.8, 4) is 0 Å². The fraction of sp³-hybridized carbons (Fsp3) is 0.667. The number of carbonyl (C=O) groups excluding carboxylic acids is 2. The second-order valence-electron chi connectivity index (χ2n) is 5.58. The molecule has 0 aliphatic carbocycles. The van der Waals surface area contributed by atoms with Crippen LogP contribution in [0.5, 0.6) is 0 Å². The number of hydrogen-bond donors (Lipinski definition) is 2. The SMILES string of the molecule is CCNc1nc(C)c(C(=O)NC[C@H]2CC(=O)N(CCOC)C2)s1. The van der Waals surface area contributed by atoms with Gasteiger partial charge in [-0.1, -0.05) is 11.3 Å². The lowest BCUT2D eigenvalue weighted by molar-refractivity contribution is -0.128. The Balaban J connectivity index is 1.84. The molecule has 0 saturated carbocycles. The lowest BCUT2D eigenvalue weighted by Crippen LogP contribution is -2.32. The molecule has 2 amide bonds. The van der Waals surface area contributed by atoms with Gasteiger partial charge in [-0.25, -0.2) is 4.98 Å². The number of nitrogens with zero attached hydrogens (tertiary/aromatic N) is 2.